The molecule has 3 rings (SSSR count). The zero-order valence-corrected chi connectivity index (χ0v) is 12.5. The van der Waals surface area contributed by atoms with Crippen LogP contribution in [0.15, 0.2) is 65.5 Å². The molecule has 0 spiro atoms. The van der Waals surface area contributed by atoms with E-state index in [0.717, 1.165) is 16.5 Å². The molecule has 4 nitrogen and oxygen atoms in total. The normalized spacial score (nSPS) is 11.2. The maximum atomic E-state index is 12.1. The summed E-state index contributed by atoms with van der Waals surface area (Å²) in [6.07, 6.45) is 0. The van der Waals surface area contributed by atoms with Gasteiger partial charge in [0.25, 0.3) is 5.56 Å². The Balaban J connectivity index is 1.69. The number of hydrogen-bond acceptors (Lipinski definition) is 3. The summed E-state index contributed by atoms with van der Waals surface area (Å²) >= 11 is 0. The van der Waals surface area contributed by atoms with E-state index in [4.69, 9.17) is 4.84 Å². The predicted octanol–water partition coefficient (Wildman–Crippen LogP) is 3.09. The van der Waals surface area contributed by atoms with Gasteiger partial charge in [0.2, 0.25) is 0 Å². The molecule has 0 radical (unpaired) electrons. The summed E-state index contributed by atoms with van der Waals surface area (Å²) in [6, 6.07) is 19.6. The minimum Gasteiger partial charge on any atom is -0.322 e. The molecule has 0 aliphatic carbocycles. The Kier molecular flexibility index (Phi) is 4.32. The molecule has 0 amide bonds. The number of benzene rings is 2. The summed E-state index contributed by atoms with van der Waals surface area (Å²) in [7, 11) is 1.83. The van der Waals surface area contributed by atoms with E-state index in [0.29, 0.717) is 18.7 Å². The molecular weight excluding hydrogens is 276 g/mol. The summed E-state index contributed by atoms with van der Waals surface area (Å²) in [5.74, 6) is 0. The lowest BCUT2D eigenvalue weighted by Gasteiger charge is -2.16. The molecule has 1 aromatic heterocycles. The Labute approximate surface area is 128 Å². The molecule has 0 saturated carbocycles. The van der Waals surface area contributed by atoms with Crippen LogP contribution < -0.4 is 5.56 Å². The van der Waals surface area contributed by atoms with Gasteiger partial charge < -0.3 is 4.98 Å². The van der Waals surface area contributed by atoms with Crippen molar-refractivity contribution in [2.24, 2.45) is 0 Å². The smallest absolute Gasteiger partial charge is 0.253 e. The molecule has 0 saturated heterocycles. The number of aromatic nitrogens is 1. The first-order valence-corrected chi connectivity index (χ1v) is 7.21. The zero-order valence-electron chi connectivity index (χ0n) is 12.5. The number of aromatic amines is 1. The first-order chi connectivity index (χ1) is 10.7. The zero-order chi connectivity index (χ0) is 15.4. The number of para-hydroxylation sites is 1. The van der Waals surface area contributed by atoms with Gasteiger partial charge in [0.05, 0.1) is 13.2 Å². The highest BCUT2D eigenvalue weighted by molar-refractivity contribution is 5.78. The van der Waals surface area contributed by atoms with Crippen LogP contribution >= 0.6 is 0 Å². The van der Waals surface area contributed by atoms with Crippen LogP contribution in [0.1, 0.15) is 11.1 Å². The van der Waals surface area contributed by atoms with Crippen molar-refractivity contribution < 1.29 is 4.84 Å². The maximum absolute atomic E-state index is 12.1. The second-order valence-electron chi connectivity index (χ2n) is 5.26. The maximum Gasteiger partial charge on any atom is 0.253 e. The Hall–Kier alpha value is -2.43. The van der Waals surface area contributed by atoms with Gasteiger partial charge in [0.1, 0.15) is 0 Å². The summed E-state index contributed by atoms with van der Waals surface area (Å²) in [4.78, 5) is 20.7. The summed E-state index contributed by atoms with van der Waals surface area (Å²) in [5.41, 5.74) is 2.56. The third-order valence-electron chi connectivity index (χ3n) is 3.52. The number of hydrogen-bond donors (Lipinski definition) is 1. The topological polar surface area (TPSA) is 45.3 Å². The van der Waals surface area contributed by atoms with E-state index in [9.17, 15) is 4.79 Å². The Morgan fingerprint density at radius 1 is 1.05 bits per heavy atom. The summed E-state index contributed by atoms with van der Waals surface area (Å²) in [6.45, 7) is 0.926. The van der Waals surface area contributed by atoms with Crippen LogP contribution in [-0.2, 0) is 18.0 Å². The lowest BCUT2D eigenvalue weighted by molar-refractivity contribution is -0.157. The molecule has 0 bridgehead atoms. The van der Waals surface area contributed by atoms with Crippen molar-refractivity contribution in [1.29, 1.82) is 0 Å². The van der Waals surface area contributed by atoms with Crippen molar-refractivity contribution >= 4 is 10.9 Å². The predicted molar refractivity (Wildman–Crippen MR) is 87.3 cm³/mol. The molecule has 4 heteroatoms. The molecule has 0 aliphatic rings. The van der Waals surface area contributed by atoms with Gasteiger partial charge >= 0.3 is 0 Å². The molecule has 22 heavy (non-hydrogen) atoms. The third-order valence-corrected chi connectivity index (χ3v) is 3.52. The van der Waals surface area contributed by atoms with Crippen LogP contribution in [-0.4, -0.2) is 17.1 Å². The molecule has 2 aromatic carbocycles. The second-order valence-corrected chi connectivity index (χ2v) is 5.26. The van der Waals surface area contributed by atoms with Crippen molar-refractivity contribution in [3.8, 4) is 0 Å². The SMILES string of the molecule is CN(Cc1cc2ccccc2[nH]c1=O)OCc1ccccc1. The van der Waals surface area contributed by atoms with Crippen molar-refractivity contribution in [2.45, 2.75) is 13.2 Å². The fraction of sp³-hybridized carbons (Fsp3) is 0.167. The first-order valence-electron chi connectivity index (χ1n) is 7.21. The quantitative estimate of drug-likeness (QED) is 0.735. The van der Waals surface area contributed by atoms with Crippen LogP contribution in [0, 0.1) is 0 Å². The van der Waals surface area contributed by atoms with Crippen molar-refractivity contribution in [1.82, 2.24) is 10.0 Å². The number of H-pyrrole nitrogens is 1. The van der Waals surface area contributed by atoms with E-state index >= 15 is 0 Å². The Bertz CT molecular complexity index is 812. The van der Waals surface area contributed by atoms with Gasteiger partial charge in [-0.2, -0.15) is 5.06 Å². The van der Waals surface area contributed by atoms with E-state index in [1.54, 1.807) is 5.06 Å². The van der Waals surface area contributed by atoms with Crippen LogP contribution in [0.2, 0.25) is 0 Å². The number of fused-ring (bicyclic) bond motifs is 1. The molecule has 3 aromatic rings. The van der Waals surface area contributed by atoms with Gasteiger partial charge in [-0.3, -0.25) is 9.63 Å². The Morgan fingerprint density at radius 2 is 1.77 bits per heavy atom. The number of nitrogens with one attached hydrogen (secondary N) is 1. The van der Waals surface area contributed by atoms with E-state index in [-0.39, 0.29) is 5.56 Å². The van der Waals surface area contributed by atoms with E-state index in [1.807, 2.05) is 67.7 Å². The van der Waals surface area contributed by atoms with Crippen molar-refractivity contribution in [3.63, 3.8) is 0 Å². The molecular formula is C18H18N2O2. The fourth-order valence-corrected chi connectivity index (χ4v) is 2.35. The number of hydroxylamine groups is 2. The second kappa shape index (κ2) is 6.56. The molecule has 1 heterocycles. The highest BCUT2D eigenvalue weighted by Crippen LogP contribution is 2.11. The van der Waals surface area contributed by atoms with E-state index in [1.165, 1.54) is 0 Å². The third kappa shape index (κ3) is 3.42. The monoisotopic (exact) mass is 294 g/mol. The van der Waals surface area contributed by atoms with Crippen molar-refractivity contribution in [3.05, 3.63) is 82.1 Å². The largest absolute Gasteiger partial charge is 0.322 e. The lowest BCUT2D eigenvalue weighted by Crippen LogP contribution is -2.23. The standard InChI is InChI=1S/C18H18N2O2/c1-20(22-13-14-7-3-2-4-8-14)12-16-11-15-9-5-6-10-17(15)19-18(16)21/h2-11H,12-13H2,1H3,(H,19,21). The van der Waals surface area contributed by atoms with Gasteiger partial charge in [-0.05, 0) is 23.1 Å². The molecule has 1 N–H and O–H groups in total. The molecule has 0 unspecified atom stereocenters. The van der Waals surface area contributed by atoms with Gasteiger partial charge in [0, 0.05) is 18.1 Å². The van der Waals surface area contributed by atoms with Gasteiger partial charge in [-0.1, -0.05) is 48.5 Å². The van der Waals surface area contributed by atoms with E-state index in [2.05, 4.69) is 4.98 Å². The fourth-order valence-electron chi connectivity index (χ4n) is 2.35. The van der Waals surface area contributed by atoms with Crippen LogP contribution in [0.25, 0.3) is 10.9 Å². The van der Waals surface area contributed by atoms with Gasteiger partial charge in [-0.25, -0.2) is 0 Å². The Morgan fingerprint density at radius 3 is 2.59 bits per heavy atom. The minimum absolute atomic E-state index is 0.0751. The minimum atomic E-state index is -0.0751. The van der Waals surface area contributed by atoms with Crippen LogP contribution in [0.3, 0.4) is 0 Å². The van der Waals surface area contributed by atoms with Gasteiger partial charge in [0.15, 0.2) is 0 Å². The highest BCUT2D eigenvalue weighted by Gasteiger charge is 2.07. The highest BCUT2D eigenvalue weighted by atomic mass is 16.7. The number of pyridine rings is 1. The molecule has 0 aliphatic heterocycles. The van der Waals surface area contributed by atoms with E-state index < -0.39 is 0 Å². The molecule has 112 valence electrons. The number of nitrogens with zero attached hydrogens (tertiary/aromatic N) is 1. The molecule has 0 atom stereocenters. The van der Waals surface area contributed by atoms with Crippen LogP contribution in [0.5, 0.6) is 0 Å². The van der Waals surface area contributed by atoms with Crippen molar-refractivity contribution in [2.75, 3.05) is 7.05 Å². The summed E-state index contributed by atoms with van der Waals surface area (Å²) < 4.78 is 0. The average Bonchev–Trinajstić information content (AvgIpc) is 2.55. The van der Waals surface area contributed by atoms with Crippen LogP contribution in [0.4, 0.5) is 0 Å². The summed E-state index contributed by atoms with van der Waals surface area (Å²) in [5, 5.41) is 2.71. The lowest BCUT2D eigenvalue weighted by atomic mass is 10.1. The average molecular weight is 294 g/mol. The molecule has 0 fully saturated rings. The van der Waals surface area contributed by atoms with Gasteiger partial charge in [-0.15, -0.1) is 0 Å². The first kappa shape index (κ1) is 14.5. The number of rotatable bonds is 5.